The molecule has 7 nitrogen and oxygen atoms in total. The van der Waals surface area contributed by atoms with E-state index in [1.165, 1.54) is 0 Å². The molecule has 1 aliphatic heterocycles. The van der Waals surface area contributed by atoms with Crippen molar-refractivity contribution in [1.82, 2.24) is 10.2 Å². The van der Waals surface area contributed by atoms with Gasteiger partial charge in [-0.2, -0.15) is 0 Å². The molecule has 0 saturated carbocycles. The van der Waals surface area contributed by atoms with Gasteiger partial charge in [-0.15, -0.1) is 0 Å². The highest BCUT2D eigenvalue weighted by molar-refractivity contribution is 5.79. The highest BCUT2D eigenvalue weighted by Gasteiger charge is 2.32. The molecule has 7 heteroatoms. The van der Waals surface area contributed by atoms with Crippen LogP contribution in [0.1, 0.15) is 29.9 Å². The first kappa shape index (κ1) is 19.0. The van der Waals surface area contributed by atoms with E-state index in [2.05, 4.69) is 34.6 Å². The van der Waals surface area contributed by atoms with Crippen LogP contribution in [0.25, 0.3) is 16.1 Å². The maximum absolute atomic E-state index is 12.5. The van der Waals surface area contributed by atoms with Crippen molar-refractivity contribution >= 4 is 6.09 Å². The van der Waals surface area contributed by atoms with Crippen LogP contribution in [0.5, 0.6) is 0 Å². The zero-order valence-corrected chi connectivity index (χ0v) is 16.0. The van der Waals surface area contributed by atoms with E-state index in [0.29, 0.717) is 0 Å². The van der Waals surface area contributed by atoms with Crippen molar-refractivity contribution in [2.75, 3.05) is 19.7 Å². The number of carbonyl (C=O) groups is 1. The average Bonchev–Trinajstić information content (AvgIpc) is 3.37. The summed E-state index contributed by atoms with van der Waals surface area (Å²) in [5.74, 6) is -0.266. The lowest BCUT2D eigenvalue weighted by atomic mass is 9.98. The fourth-order valence-electron chi connectivity index (χ4n) is 4.23. The molecule has 29 heavy (non-hydrogen) atoms. The number of rotatable bonds is 5. The Labute approximate surface area is 169 Å². The second-order valence-electron chi connectivity index (χ2n) is 7.28. The van der Waals surface area contributed by atoms with Crippen molar-refractivity contribution in [3.05, 3.63) is 76.6 Å². The smallest absolute Gasteiger partial charge is 0.408 e. The minimum Gasteiger partial charge on any atom is -0.503 e. The third-order valence-corrected chi connectivity index (χ3v) is 5.57. The Morgan fingerprint density at radius 1 is 1.17 bits per heavy atom. The normalized spacial score (nSPS) is 17.3. The summed E-state index contributed by atoms with van der Waals surface area (Å²) in [6.45, 7) is 1.66. The van der Waals surface area contributed by atoms with Gasteiger partial charge in [-0.05, 0) is 35.1 Å². The maximum Gasteiger partial charge on any atom is 0.408 e. The lowest BCUT2D eigenvalue weighted by Crippen LogP contribution is -2.48. The van der Waals surface area contributed by atoms with Gasteiger partial charge in [0.15, 0.2) is 11.1 Å². The summed E-state index contributed by atoms with van der Waals surface area (Å²) in [5.41, 5.74) is 4.60. The highest BCUT2D eigenvalue weighted by Crippen LogP contribution is 2.44. The number of likely N-dealkylation sites (tertiary alicyclic amines) is 1. The Hall–Kier alpha value is -3.37. The molecule has 0 bridgehead atoms. The topological polar surface area (TPSA) is 89.9 Å². The van der Waals surface area contributed by atoms with Crippen LogP contribution < -0.4 is 5.32 Å². The zero-order chi connectivity index (χ0) is 20.2. The van der Waals surface area contributed by atoms with Crippen molar-refractivity contribution in [3.8, 4) is 11.1 Å². The summed E-state index contributed by atoms with van der Waals surface area (Å²) in [7, 11) is 0. The fraction of sp³-hybridized carbons (Fsp3) is 0.318. The second-order valence-corrected chi connectivity index (χ2v) is 7.28. The minimum absolute atomic E-state index is 0.0324. The van der Waals surface area contributed by atoms with Crippen LogP contribution in [0, 0.1) is 5.39 Å². The Balaban J connectivity index is 1.47. The first-order valence-electron chi connectivity index (χ1n) is 9.78. The van der Waals surface area contributed by atoms with E-state index in [-0.39, 0.29) is 18.3 Å². The second kappa shape index (κ2) is 8.33. The largest absolute Gasteiger partial charge is 0.503 e. The number of diazo groups is 1. The molecular formula is C22H23N4O3+. The number of fused-ring (bicyclic) bond motifs is 3. The van der Waals surface area contributed by atoms with Gasteiger partial charge < -0.3 is 9.84 Å². The van der Waals surface area contributed by atoms with E-state index < -0.39 is 12.3 Å². The molecule has 1 atom stereocenters. The number of aliphatic hydroxyl groups is 1. The summed E-state index contributed by atoms with van der Waals surface area (Å²) in [5, 5.41) is 21.6. The monoisotopic (exact) mass is 391 g/mol. The molecular weight excluding hydrogens is 368 g/mol. The molecule has 1 amide bonds. The van der Waals surface area contributed by atoms with E-state index >= 15 is 0 Å². The van der Waals surface area contributed by atoms with Gasteiger partial charge in [0.05, 0.1) is 0 Å². The summed E-state index contributed by atoms with van der Waals surface area (Å²) in [6.07, 6.45) is 1.48. The Bertz CT molecular complexity index is 931. The molecule has 0 spiro atoms. The quantitative estimate of drug-likeness (QED) is 0.589. The first-order valence-corrected chi connectivity index (χ1v) is 9.78. The van der Waals surface area contributed by atoms with Crippen molar-refractivity contribution < 1.29 is 14.6 Å². The number of amides is 1. The molecule has 0 aromatic heterocycles. The highest BCUT2D eigenvalue weighted by atomic mass is 16.5. The molecule has 1 fully saturated rings. The molecule has 2 aromatic carbocycles. The summed E-state index contributed by atoms with van der Waals surface area (Å²) in [6, 6.07) is 16.3. The van der Waals surface area contributed by atoms with Crippen molar-refractivity contribution in [1.29, 1.82) is 5.39 Å². The Morgan fingerprint density at radius 3 is 2.34 bits per heavy atom. The number of aliphatic hydroxyl groups excluding tert-OH is 1. The standard InChI is InChI=1S/C22H22N4O3/c23-24-13-20(27)21(26-11-5-6-12-26)25-22(28)29-14-19-17-9-3-1-7-15(17)16-8-2-4-10-18(16)19/h1-4,7-10,13,19,21H,5-6,11-12,14H2,(H-,25,27,28)/p+1/b20-13-/t21-/m0/s1. The van der Waals surface area contributed by atoms with Crippen molar-refractivity contribution in [2.24, 2.45) is 0 Å². The number of carbonyl (C=O) groups excluding carboxylic acids is 1. The summed E-state index contributed by atoms with van der Waals surface area (Å²) >= 11 is 0. The van der Waals surface area contributed by atoms with Crippen molar-refractivity contribution in [3.63, 3.8) is 0 Å². The lowest BCUT2D eigenvalue weighted by Gasteiger charge is -2.26. The number of nitrogens with zero attached hydrogens (tertiary/aromatic N) is 3. The van der Waals surface area contributed by atoms with Gasteiger partial charge in [0.25, 0.3) is 0 Å². The van der Waals surface area contributed by atoms with Crippen LogP contribution in [-0.2, 0) is 4.74 Å². The average molecular weight is 391 g/mol. The first-order chi connectivity index (χ1) is 14.2. The lowest BCUT2D eigenvalue weighted by molar-refractivity contribution is 0.116. The van der Waals surface area contributed by atoms with Crippen LogP contribution in [0.2, 0.25) is 0 Å². The third kappa shape index (κ3) is 3.80. The van der Waals surface area contributed by atoms with Gasteiger partial charge in [0, 0.05) is 19.0 Å². The van der Waals surface area contributed by atoms with E-state index in [1.54, 1.807) is 0 Å². The number of benzene rings is 2. The molecule has 0 unspecified atom stereocenters. The molecule has 4 rings (SSSR count). The van der Waals surface area contributed by atoms with Crippen molar-refractivity contribution in [2.45, 2.75) is 24.9 Å². The summed E-state index contributed by atoms with van der Waals surface area (Å²) in [4.78, 5) is 17.3. The molecule has 1 aliphatic carbocycles. The zero-order valence-electron chi connectivity index (χ0n) is 16.0. The van der Waals surface area contributed by atoms with Gasteiger partial charge in [0.2, 0.25) is 11.2 Å². The van der Waals surface area contributed by atoms with Crippen LogP contribution >= 0.6 is 0 Å². The predicted molar refractivity (Wildman–Crippen MR) is 109 cm³/mol. The van der Waals surface area contributed by atoms with Gasteiger partial charge in [-0.1, -0.05) is 48.5 Å². The maximum atomic E-state index is 12.5. The molecule has 1 heterocycles. The molecule has 2 aliphatic rings. The van der Waals surface area contributed by atoms with Crippen LogP contribution in [0.3, 0.4) is 0 Å². The molecule has 148 valence electrons. The molecule has 2 N–H and O–H groups in total. The molecule has 1 saturated heterocycles. The SMILES string of the molecule is N#[N+]/C=C(\O)[C@@H](NC(=O)OCC1c2ccccc2-c2ccccc21)N1CCCC1. The van der Waals surface area contributed by atoms with E-state index in [0.717, 1.165) is 54.4 Å². The fourth-order valence-corrected chi connectivity index (χ4v) is 4.23. The third-order valence-electron chi connectivity index (χ3n) is 5.57. The van der Waals surface area contributed by atoms with Crippen LogP contribution in [-0.4, -0.2) is 42.0 Å². The van der Waals surface area contributed by atoms with Gasteiger partial charge in [-0.25, -0.2) is 4.79 Å². The summed E-state index contributed by atoms with van der Waals surface area (Å²) < 4.78 is 5.55. The molecule has 0 radical (unpaired) electrons. The Morgan fingerprint density at radius 2 is 1.76 bits per heavy atom. The van der Waals surface area contributed by atoms with E-state index in [9.17, 15) is 9.90 Å². The number of hydrogen-bond donors (Lipinski definition) is 2. The number of hydrogen-bond acceptors (Lipinski definition) is 5. The Kier molecular flexibility index (Phi) is 5.45. The number of nitrogens with one attached hydrogen (secondary N) is 1. The number of alkyl carbamates (subject to hydrolysis) is 1. The minimum atomic E-state index is -0.774. The van der Waals surface area contributed by atoms with Gasteiger partial charge >= 0.3 is 12.3 Å². The van der Waals surface area contributed by atoms with Gasteiger partial charge in [-0.3, -0.25) is 10.2 Å². The van der Waals surface area contributed by atoms with E-state index in [1.807, 2.05) is 29.2 Å². The predicted octanol–water partition coefficient (Wildman–Crippen LogP) is 4.20. The van der Waals surface area contributed by atoms with Crippen LogP contribution in [0.15, 0.2) is 60.5 Å². The van der Waals surface area contributed by atoms with Crippen LogP contribution in [0.4, 0.5) is 4.79 Å². The number of ether oxygens (including phenoxy) is 1. The van der Waals surface area contributed by atoms with E-state index in [4.69, 9.17) is 10.1 Å². The van der Waals surface area contributed by atoms with Gasteiger partial charge in [0.1, 0.15) is 6.61 Å². The molecule has 2 aromatic rings.